The van der Waals surface area contributed by atoms with E-state index in [2.05, 4.69) is 10.0 Å². The van der Waals surface area contributed by atoms with Gasteiger partial charge in [-0.15, -0.1) is 0 Å². The molecule has 5 nitrogen and oxygen atoms in total. The molecule has 1 aromatic carbocycles. The molecule has 0 spiro atoms. The van der Waals surface area contributed by atoms with E-state index in [4.69, 9.17) is 0 Å². The van der Waals surface area contributed by atoms with Gasteiger partial charge in [-0.2, -0.15) is 0 Å². The predicted molar refractivity (Wildman–Crippen MR) is 80.6 cm³/mol. The number of sulfonamides is 1. The molecule has 1 aliphatic rings. The Kier molecular flexibility index (Phi) is 4.95. The number of fused-ring (bicyclic) bond motifs is 1. The van der Waals surface area contributed by atoms with E-state index in [0.29, 0.717) is 17.9 Å². The summed E-state index contributed by atoms with van der Waals surface area (Å²) in [5.41, 5.74) is 1.93. The van der Waals surface area contributed by atoms with Gasteiger partial charge in [0.15, 0.2) is 0 Å². The number of benzene rings is 1. The first-order valence-electron chi connectivity index (χ1n) is 6.55. The Morgan fingerprint density at radius 2 is 2.20 bits per heavy atom. The third-order valence-corrected chi connectivity index (χ3v) is 6.32. The first kappa shape index (κ1) is 15.6. The summed E-state index contributed by atoms with van der Waals surface area (Å²) in [5.74, 6) is 0. The van der Waals surface area contributed by atoms with E-state index >= 15 is 0 Å². The van der Waals surface area contributed by atoms with Crippen LogP contribution in [0, 0.1) is 0 Å². The fourth-order valence-corrected chi connectivity index (χ4v) is 4.03. The van der Waals surface area contributed by atoms with E-state index in [0.717, 1.165) is 17.7 Å². The third kappa shape index (κ3) is 3.46. The molecule has 20 heavy (non-hydrogen) atoms. The molecule has 2 rings (SSSR count). The van der Waals surface area contributed by atoms with E-state index in [1.807, 2.05) is 6.07 Å². The highest BCUT2D eigenvalue weighted by Gasteiger charge is 2.22. The molecule has 2 unspecified atom stereocenters. The monoisotopic (exact) mass is 316 g/mol. The quantitative estimate of drug-likeness (QED) is 0.823. The summed E-state index contributed by atoms with van der Waals surface area (Å²) in [5, 5.41) is 3.03. The molecule has 1 aromatic rings. The maximum atomic E-state index is 12.4. The highest BCUT2D eigenvalue weighted by Crippen LogP contribution is 2.22. The van der Waals surface area contributed by atoms with Crippen LogP contribution >= 0.6 is 0 Å². The number of rotatable bonds is 5. The van der Waals surface area contributed by atoms with Gasteiger partial charge in [0.2, 0.25) is 10.0 Å². The SMILES string of the molecule is CC(CNS(=O)(=O)c1cccc2c1CCNC2)S(C)=O. The van der Waals surface area contributed by atoms with Crippen molar-refractivity contribution in [3.05, 3.63) is 29.3 Å². The zero-order valence-electron chi connectivity index (χ0n) is 11.7. The predicted octanol–water partition coefficient (Wildman–Crippen LogP) is 0.378. The number of hydrogen-bond donors (Lipinski definition) is 2. The molecule has 2 atom stereocenters. The molecule has 0 saturated heterocycles. The van der Waals surface area contributed by atoms with Crippen LogP contribution in [0.3, 0.4) is 0 Å². The lowest BCUT2D eigenvalue weighted by Crippen LogP contribution is -2.34. The average molecular weight is 316 g/mol. The highest BCUT2D eigenvalue weighted by molar-refractivity contribution is 7.89. The van der Waals surface area contributed by atoms with Crippen molar-refractivity contribution in [2.45, 2.75) is 30.0 Å². The minimum atomic E-state index is -3.54. The van der Waals surface area contributed by atoms with Crippen LogP contribution in [0.15, 0.2) is 23.1 Å². The van der Waals surface area contributed by atoms with Gasteiger partial charge in [0.1, 0.15) is 0 Å². The Balaban J connectivity index is 2.24. The van der Waals surface area contributed by atoms with Gasteiger partial charge in [-0.05, 0) is 37.1 Å². The average Bonchev–Trinajstić information content (AvgIpc) is 2.44. The van der Waals surface area contributed by atoms with Crippen LogP contribution in [0.1, 0.15) is 18.1 Å². The minimum Gasteiger partial charge on any atom is -0.312 e. The Morgan fingerprint density at radius 3 is 2.90 bits per heavy atom. The van der Waals surface area contributed by atoms with Gasteiger partial charge in [0, 0.05) is 35.4 Å². The third-order valence-electron chi connectivity index (χ3n) is 3.51. The second kappa shape index (κ2) is 6.34. The molecule has 112 valence electrons. The van der Waals surface area contributed by atoms with Gasteiger partial charge in [-0.3, -0.25) is 4.21 Å². The standard InChI is InChI=1S/C13H20N2O3S2/c1-10(19(2)16)8-15-20(17,18)13-5-3-4-11-9-14-7-6-12(11)13/h3-5,10,14-15H,6-9H2,1-2H3. The Bertz CT molecular complexity index is 614. The fraction of sp³-hybridized carbons (Fsp3) is 0.538. The van der Waals surface area contributed by atoms with Crippen LogP contribution in [-0.4, -0.2) is 37.2 Å². The van der Waals surface area contributed by atoms with Gasteiger partial charge in [0.25, 0.3) is 0 Å². The van der Waals surface area contributed by atoms with Crippen molar-refractivity contribution < 1.29 is 12.6 Å². The molecular weight excluding hydrogens is 296 g/mol. The molecule has 1 heterocycles. The molecule has 0 fully saturated rings. The summed E-state index contributed by atoms with van der Waals surface area (Å²) in [6, 6.07) is 5.35. The van der Waals surface area contributed by atoms with Crippen LogP contribution in [0.2, 0.25) is 0 Å². The van der Waals surface area contributed by atoms with E-state index < -0.39 is 20.8 Å². The van der Waals surface area contributed by atoms with Crippen LogP contribution in [-0.2, 0) is 33.8 Å². The number of hydrogen-bond acceptors (Lipinski definition) is 4. The van der Waals surface area contributed by atoms with Crippen molar-refractivity contribution in [3.63, 3.8) is 0 Å². The normalized spacial score (nSPS) is 18.3. The van der Waals surface area contributed by atoms with Crippen LogP contribution in [0.25, 0.3) is 0 Å². The Hall–Kier alpha value is -0.760. The van der Waals surface area contributed by atoms with E-state index in [1.165, 1.54) is 0 Å². The Morgan fingerprint density at radius 1 is 1.45 bits per heavy atom. The molecule has 7 heteroatoms. The van der Waals surface area contributed by atoms with Gasteiger partial charge < -0.3 is 5.32 Å². The highest BCUT2D eigenvalue weighted by atomic mass is 32.2. The second-order valence-electron chi connectivity index (χ2n) is 4.98. The van der Waals surface area contributed by atoms with E-state index in [1.54, 1.807) is 25.3 Å². The fourth-order valence-electron chi connectivity index (χ4n) is 2.17. The molecular formula is C13H20N2O3S2. The molecule has 0 radical (unpaired) electrons. The summed E-state index contributed by atoms with van der Waals surface area (Å²) in [7, 11) is -4.58. The van der Waals surface area contributed by atoms with Crippen LogP contribution in [0.4, 0.5) is 0 Å². The van der Waals surface area contributed by atoms with E-state index in [-0.39, 0.29) is 11.8 Å². The van der Waals surface area contributed by atoms with Crippen LogP contribution in [0.5, 0.6) is 0 Å². The second-order valence-corrected chi connectivity index (χ2v) is 8.52. The zero-order valence-corrected chi connectivity index (χ0v) is 13.3. The van der Waals surface area contributed by atoms with Gasteiger partial charge >= 0.3 is 0 Å². The summed E-state index contributed by atoms with van der Waals surface area (Å²) in [4.78, 5) is 0.352. The van der Waals surface area contributed by atoms with Crippen LogP contribution < -0.4 is 10.0 Å². The molecule has 1 aliphatic heterocycles. The van der Waals surface area contributed by atoms with E-state index in [9.17, 15) is 12.6 Å². The van der Waals surface area contributed by atoms with Crippen molar-refractivity contribution in [2.24, 2.45) is 0 Å². The van der Waals surface area contributed by atoms with Crippen molar-refractivity contribution in [1.29, 1.82) is 0 Å². The molecule has 0 bridgehead atoms. The summed E-state index contributed by atoms with van der Waals surface area (Å²) < 4.78 is 38.7. The summed E-state index contributed by atoms with van der Waals surface area (Å²) in [6.45, 7) is 3.44. The first-order valence-corrected chi connectivity index (χ1v) is 9.65. The topological polar surface area (TPSA) is 75.3 Å². The smallest absolute Gasteiger partial charge is 0.240 e. The summed E-state index contributed by atoms with van der Waals surface area (Å²) >= 11 is 0. The van der Waals surface area contributed by atoms with Gasteiger partial charge in [-0.25, -0.2) is 13.1 Å². The molecule has 0 aliphatic carbocycles. The lowest BCUT2D eigenvalue weighted by Gasteiger charge is -2.20. The van der Waals surface area contributed by atoms with Gasteiger partial charge in [0.05, 0.1) is 4.90 Å². The van der Waals surface area contributed by atoms with Crippen molar-refractivity contribution in [1.82, 2.24) is 10.0 Å². The van der Waals surface area contributed by atoms with Gasteiger partial charge in [-0.1, -0.05) is 12.1 Å². The minimum absolute atomic E-state index is 0.188. The van der Waals surface area contributed by atoms with Crippen molar-refractivity contribution in [3.8, 4) is 0 Å². The molecule has 0 aromatic heterocycles. The molecule has 2 N–H and O–H groups in total. The van der Waals surface area contributed by atoms with Crippen molar-refractivity contribution >= 4 is 20.8 Å². The maximum absolute atomic E-state index is 12.4. The zero-order chi connectivity index (χ0) is 14.8. The largest absolute Gasteiger partial charge is 0.312 e. The molecule has 0 amide bonds. The lowest BCUT2D eigenvalue weighted by atomic mass is 10.0. The first-order chi connectivity index (χ1) is 9.42. The number of nitrogens with one attached hydrogen (secondary N) is 2. The Labute approximate surface area is 122 Å². The van der Waals surface area contributed by atoms with Crippen molar-refractivity contribution in [2.75, 3.05) is 19.3 Å². The maximum Gasteiger partial charge on any atom is 0.240 e. The summed E-state index contributed by atoms with van der Waals surface area (Å²) in [6.07, 6.45) is 2.29. The molecule has 0 saturated carbocycles. The lowest BCUT2D eigenvalue weighted by molar-refractivity contribution is 0.575.